The quantitative estimate of drug-likeness (QED) is 0.243. The number of hydrogen-bond donors (Lipinski definition) is 3. The van der Waals surface area contributed by atoms with Crippen LogP contribution in [0.2, 0.25) is 0 Å². The van der Waals surface area contributed by atoms with Crippen molar-refractivity contribution in [2.45, 2.75) is 32.6 Å². The number of anilines is 1. The first kappa shape index (κ1) is 22.7. The summed E-state index contributed by atoms with van der Waals surface area (Å²) in [4.78, 5) is 27.9. The smallest absolute Gasteiger partial charge is 0.331 e. The second-order valence-corrected chi connectivity index (χ2v) is 8.38. The van der Waals surface area contributed by atoms with Crippen LogP contribution in [0.1, 0.15) is 49.3 Å². The highest BCUT2D eigenvalue weighted by Crippen LogP contribution is 2.44. The molecule has 0 bridgehead atoms. The summed E-state index contributed by atoms with van der Waals surface area (Å²) in [6.07, 6.45) is 3.63. The van der Waals surface area contributed by atoms with Crippen molar-refractivity contribution in [3.8, 4) is 0 Å². The van der Waals surface area contributed by atoms with Crippen molar-refractivity contribution in [1.29, 1.82) is 0 Å². The molecule has 31 heavy (non-hydrogen) atoms. The number of benzene rings is 2. The highest BCUT2D eigenvalue weighted by atomic mass is 79.9. The van der Waals surface area contributed by atoms with Gasteiger partial charge >= 0.3 is 11.9 Å². The van der Waals surface area contributed by atoms with Gasteiger partial charge in [-0.05, 0) is 73.6 Å². The van der Waals surface area contributed by atoms with Gasteiger partial charge in [-0.25, -0.2) is 4.79 Å². The van der Waals surface area contributed by atoms with Gasteiger partial charge in [0.1, 0.15) is 0 Å². The van der Waals surface area contributed by atoms with E-state index < -0.39 is 0 Å². The van der Waals surface area contributed by atoms with Crippen molar-refractivity contribution in [3.05, 3.63) is 63.6 Å². The predicted molar refractivity (Wildman–Crippen MR) is 126 cm³/mol. The third-order valence-electron chi connectivity index (χ3n) is 5.12. The molecule has 2 aromatic carbocycles. The topological polar surface area (TPSA) is 95.4 Å². The molecule has 0 spiro atoms. The summed E-state index contributed by atoms with van der Waals surface area (Å²) in [5.74, 6) is -0.250. The number of nitrogen functional groups attached to an aromatic ring is 1. The summed E-state index contributed by atoms with van der Waals surface area (Å²) < 4.78 is 5.99. The van der Waals surface area contributed by atoms with Crippen LogP contribution in [-0.4, -0.2) is 31.2 Å². The van der Waals surface area contributed by atoms with Crippen LogP contribution in [-0.2, 0) is 14.3 Å². The number of amides is 1. The number of esters is 1. The van der Waals surface area contributed by atoms with E-state index in [1.165, 1.54) is 6.08 Å². The van der Waals surface area contributed by atoms with Crippen molar-refractivity contribution >= 4 is 50.5 Å². The van der Waals surface area contributed by atoms with Crippen molar-refractivity contribution in [3.63, 3.8) is 0 Å². The van der Waals surface area contributed by atoms with Gasteiger partial charge in [0.05, 0.1) is 12.2 Å². The number of nitrogens with two attached hydrogens (primary N) is 1. The van der Waals surface area contributed by atoms with E-state index in [2.05, 4.69) is 26.2 Å². The third kappa shape index (κ3) is 5.61. The van der Waals surface area contributed by atoms with E-state index in [0.29, 0.717) is 29.5 Å². The molecule has 0 unspecified atom stereocenters. The molecule has 0 radical (unpaired) electrons. The average molecular weight is 485 g/mol. The summed E-state index contributed by atoms with van der Waals surface area (Å²) in [5, 5.41) is 2.69. The summed E-state index contributed by atoms with van der Waals surface area (Å²) >= 11 is 3.42. The van der Waals surface area contributed by atoms with Crippen molar-refractivity contribution in [2.75, 3.05) is 19.4 Å². The molecule has 0 saturated heterocycles. The summed E-state index contributed by atoms with van der Waals surface area (Å²) in [5.41, 5.74) is 11.5. The molecule has 1 aliphatic rings. The van der Waals surface area contributed by atoms with Crippen LogP contribution in [0.3, 0.4) is 0 Å². The molecule has 0 heterocycles. The first-order valence-electron chi connectivity index (χ1n) is 10.2. The number of carbonyl (C=O) groups excluding carboxylic acids is 2. The Balaban J connectivity index is 2.11. The Morgan fingerprint density at radius 3 is 2.48 bits per heavy atom. The molecule has 0 aromatic heterocycles. The lowest BCUT2D eigenvalue weighted by Gasteiger charge is -2.14. The molecule has 0 atom stereocenters. The number of nitrogens with one attached hydrogen (secondary N) is 2. The number of likely N-dealkylation sites (N-methyl/N-ethyl adjacent to an activating group) is 1. The zero-order valence-corrected chi connectivity index (χ0v) is 19.5. The van der Waals surface area contributed by atoms with Crippen LogP contribution >= 0.6 is 15.9 Å². The van der Waals surface area contributed by atoms with E-state index in [9.17, 15) is 9.59 Å². The highest BCUT2D eigenvalue weighted by molar-refractivity contribution is 9.10. The first-order chi connectivity index (χ1) is 14.8. The van der Waals surface area contributed by atoms with E-state index in [-0.39, 0.29) is 11.9 Å². The number of ether oxygens (including phenoxy) is 1. The molecule has 1 amide bonds. The van der Waals surface area contributed by atoms with Crippen LogP contribution in [0.15, 0.2) is 46.9 Å². The summed E-state index contributed by atoms with van der Waals surface area (Å²) in [6.45, 7) is 3.98. The fourth-order valence-corrected chi connectivity index (χ4v) is 3.68. The lowest BCUT2D eigenvalue weighted by molar-refractivity contribution is -0.352. The van der Waals surface area contributed by atoms with Crippen LogP contribution in [0.25, 0.3) is 5.57 Å². The van der Waals surface area contributed by atoms with Crippen LogP contribution in [0.4, 0.5) is 11.4 Å². The van der Waals surface area contributed by atoms with Gasteiger partial charge in [-0.2, -0.15) is 4.99 Å². The van der Waals surface area contributed by atoms with E-state index in [0.717, 1.165) is 39.7 Å². The Morgan fingerprint density at radius 1 is 1.23 bits per heavy atom. The molecular formula is C24H27BrN3O3+. The molecule has 4 N–H and O–H groups in total. The second-order valence-electron chi connectivity index (χ2n) is 7.47. The Bertz CT molecular complexity index is 1050. The SMILES string of the molecule is CCOC(=O)/C=C(\C)c1cc(N)c(C(=[NH+]c2ccc(Br)cc2)C(=O)NC)cc1C1CC1. The monoisotopic (exact) mass is 484 g/mol. The first-order valence-corrected chi connectivity index (χ1v) is 11.0. The van der Waals surface area contributed by atoms with Gasteiger partial charge in [0.15, 0.2) is 0 Å². The largest absolute Gasteiger partial charge is 0.463 e. The molecular weight excluding hydrogens is 458 g/mol. The maximum atomic E-state index is 12.7. The average Bonchev–Trinajstić information content (AvgIpc) is 3.58. The fraction of sp³-hybridized carbons (Fsp3) is 0.292. The Hall–Kier alpha value is -2.93. The van der Waals surface area contributed by atoms with Gasteiger partial charge in [-0.3, -0.25) is 4.79 Å². The van der Waals surface area contributed by atoms with Gasteiger partial charge in [-0.15, -0.1) is 0 Å². The molecule has 2 aromatic rings. The zero-order chi connectivity index (χ0) is 22.5. The van der Waals surface area contributed by atoms with Crippen molar-refractivity contribution in [2.24, 2.45) is 0 Å². The molecule has 1 fully saturated rings. The molecule has 1 aliphatic carbocycles. The Kier molecular flexibility index (Phi) is 7.28. The van der Waals surface area contributed by atoms with Crippen LogP contribution in [0.5, 0.6) is 0 Å². The van der Waals surface area contributed by atoms with Gasteiger partial charge in [0.2, 0.25) is 5.69 Å². The fourth-order valence-electron chi connectivity index (χ4n) is 3.41. The lowest BCUT2D eigenvalue weighted by Crippen LogP contribution is -2.70. The van der Waals surface area contributed by atoms with E-state index >= 15 is 0 Å². The number of hydrogen-bond acceptors (Lipinski definition) is 4. The van der Waals surface area contributed by atoms with E-state index in [1.807, 2.05) is 43.3 Å². The molecule has 1 saturated carbocycles. The lowest BCUT2D eigenvalue weighted by atomic mass is 9.92. The summed E-state index contributed by atoms with van der Waals surface area (Å²) in [7, 11) is 1.59. The van der Waals surface area contributed by atoms with Crippen molar-refractivity contribution in [1.82, 2.24) is 5.32 Å². The number of carbonyl (C=O) groups is 2. The highest BCUT2D eigenvalue weighted by Gasteiger charge is 2.30. The van der Waals surface area contributed by atoms with Crippen molar-refractivity contribution < 1.29 is 19.3 Å². The van der Waals surface area contributed by atoms with Gasteiger partial charge < -0.3 is 15.8 Å². The molecule has 0 aliphatic heterocycles. The molecule has 7 heteroatoms. The summed E-state index contributed by atoms with van der Waals surface area (Å²) in [6, 6.07) is 11.4. The third-order valence-corrected chi connectivity index (χ3v) is 5.65. The molecule has 6 nitrogen and oxygen atoms in total. The maximum Gasteiger partial charge on any atom is 0.331 e. The minimum absolute atomic E-state index is 0.261. The Morgan fingerprint density at radius 2 is 1.90 bits per heavy atom. The molecule has 3 rings (SSSR count). The Labute approximate surface area is 190 Å². The number of rotatable bonds is 7. The standard InChI is InChI=1S/C24H26BrN3O3/c1-4-31-22(29)11-14(2)18-13-21(26)20(12-19(18)15-5-6-15)23(24(30)27-3)28-17-9-7-16(25)8-10-17/h7-13,15H,4-6,26H2,1-3H3,(H,27,30)/p+1/b14-11+,28-23?. The minimum atomic E-state index is -0.376. The maximum absolute atomic E-state index is 12.7. The van der Waals surface area contributed by atoms with Crippen LogP contribution in [0, 0.1) is 0 Å². The zero-order valence-electron chi connectivity index (χ0n) is 17.9. The van der Waals surface area contributed by atoms with E-state index in [1.54, 1.807) is 14.0 Å². The van der Waals surface area contributed by atoms with E-state index in [4.69, 9.17) is 10.5 Å². The minimum Gasteiger partial charge on any atom is -0.463 e. The predicted octanol–water partition coefficient (Wildman–Crippen LogP) is 2.82. The number of allylic oxidation sites excluding steroid dienone is 1. The van der Waals surface area contributed by atoms with Gasteiger partial charge in [0.25, 0.3) is 5.71 Å². The second kappa shape index (κ2) is 9.92. The number of halogens is 1. The van der Waals surface area contributed by atoms with Gasteiger partial charge in [-0.1, -0.05) is 15.9 Å². The van der Waals surface area contributed by atoms with Crippen LogP contribution < -0.4 is 16.0 Å². The normalized spacial score (nSPS) is 14.3. The molecule has 162 valence electrons. The van der Waals surface area contributed by atoms with Gasteiger partial charge in [0, 0.05) is 35.4 Å².